The monoisotopic (exact) mass is 434 g/mol. The van der Waals surface area contributed by atoms with Crippen LogP contribution >= 0.6 is 0 Å². The van der Waals surface area contributed by atoms with Crippen molar-refractivity contribution in [2.75, 3.05) is 5.32 Å². The van der Waals surface area contributed by atoms with E-state index in [-0.39, 0.29) is 17.9 Å². The molecule has 7 heteroatoms. The van der Waals surface area contributed by atoms with Crippen LogP contribution in [0.4, 0.5) is 14.5 Å². The molecule has 0 saturated heterocycles. The minimum absolute atomic E-state index is 0.0502. The maximum absolute atomic E-state index is 13.7. The van der Waals surface area contributed by atoms with Crippen LogP contribution in [-0.4, -0.2) is 20.4 Å². The van der Waals surface area contributed by atoms with Crippen molar-refractivity contribution in [3.8, 4) is 0 Å². The Balaban J connectivity index is 1.12. The Morgan fingerprint density at radius 2 is 1.91 bits per heavy atom. The van der Waals surface area contributed by atoms with Gasteiger partial charge in [0.1, 0.15) is 0 Å². The molecule has 4 aromatic rings. The molecule has 6 rings (SSSR count). The number of fused-ring (bicyclic) bond motifs is 3. The molecular formula is C25H24F2N4O. The number of aromatic amines is 1. The number of nitrogens with zero attached hydrogens (tertiary/aromatic N) is 2. The average molecular weight is 434 g/mol. The Morgan fingerprint density at radius 1 is 1.16 bits per heavy atom. The average Bonchev–Trinajstić information content (AvgIpc) is 3.11. The number of aryl methyl sites for hydroxylation is 1. The van der Waals surface area contributed by atoms with E-state index in [1.807, 2.05) is 36.6 Å². The van der Waals surface area contributed by atoms with E-state index in [2.05, 4.69) is 21.4 Å². The first-order chi connectivity index (χ1) is 15.4. The second kappa shape index (κ2) is 6.89. The van der Waals surface area contributed by atoms with Gasteiger partial charge in [-0.3, -0.25) is 4.79 Å². The summed E-state index contributed by atoms with van der Waals surface area (Å²) < 4.78 is 29.2. The quantitative estimate of drug-likeness (QED) is 0.441. The summed E-state index contributed by atoms with van der Waals surface area (Å²) in [6.07, 6.45) is 3.55. The molecule has 0 bridgehead atoms. The molecule has 0 spiro atoms. The Kier molecular flexibility index (Phi) is 4.19. The lowest BCUT2D eigenvalue weighted by atomic mass is 9.96. The standard InChI is InChI=1S/C25H24F2N4O/c1-12-5-14-3-4-15(6-21(14)29-12)30-25(32)13(2)24-17-7-16(8-18(17)24)31-11-28-22-9-19(26)20(27)10-23(22)31/h3-6,9-11,13,16-18,24,29H,7-8H2,1-2H3,(H,30,32)/t13?,16-,17-,18+,24+. The predicted octanol–water partition coefficient (Wildman–Crippen LogP) is 5.58. The van der Waals surface area contributed by atoms with Gasteiger partial charge < -0.3 is 14.9 Å². The van der Waals surface area contributed by atoms with Gasteiger partial charge in [0, 0.05) is 41.0 Å². The molecule has 2 fully saturated rings. The number of anilines is 1. The fourth-order valence-corrected chi connectivity index (χ4v) is 5.93. The zero-order valence-corrected chi connectivity index (χ0v) is 17.9. The molecule has 2 aromatic heterocycles. The van der Waals surface area contributed by atoms with Crippen molar-refractivity contribution in [1.82, 2.24) is 14.5 Å². The summed E-state index contributed by atoms with van der Waals surface area (Å²) in [5.41, 5.74) is 4.02. The van der Waals surface area contributed by atoms with Gasteiger partial charge in [-0.15, -0.1) is 0 Å². The molecular weight excluding hydrogens is 410 g/mol. The number of hydrogen-bond donors (Lipinski definition) is 2. The Morgan fingerprint density at radius 3 is 2.69 bits per heavy atom. The number of benzene rings is 2. The molecule has 1 amide bonds. The van der Waals surface area contributed by atoms with Gasteiger partial charge in [0.2, 0.25) is 5.91 Å². The van der Waals surface area contributed by atoms with Crippen LogP contribution < -0.4 is 5.32 Å². The van der Waals surface area contributed by atoms with Crippen LogP contribution in [-0.2, 0) is 4.79 Å². The minimum atomic E-state index is -0.873. The summed E-state index contributed by atoms with van der Waals surface area (Å²) in [6, 6.07) is 10.6. The Bertz CT molecular complexity index is 1360. The lowest BCUT2D eigenvalue weighted by Gasteiger charge is -2.20. The normalized spacial score (nSPS) is 25.2. The van der Waals surface area contributed by atoms with E-state index in [0.29, 0.717) is 28.8 Å². The molecule has 2 saturated carbocycles. The van der Waals surface area contributed by atoms with Crippen molar-refractivity contribution >= 4 is 33.5 Å². The van der Waals surface area contributed by atoms with Crippen LogP contribution in [0.1, 0.15) is 31.5 Å². The van der Waals surface area contributed by atoms with E-state index in [1.54, 1.807) is 6.33 Å². The summed E-state index contributed by atoms with van der Waals surface area (Å²) in [7, 11) is 0. The second-order valence-corrected chi connectivity index (χ2v) is 9.47. The summed E-state index contributed by atoms with van der Waals surface area (Å²) in [5, 5.41) is 4.21. The van der Waals surface area contributed by atoms with Gasteiger partial charge in [0.25, 0.3) is 0 Å². The molecule has 5 nitrogen and oxygen atoms in total. The summed E-state index contributed by atoms with van der Waals surface area (Å²) in [4.78, 5) is 20.5. The largest absolute Gasteiger partial charge is 0.359 e. The predicted molar refractivity (Wildman–Crippen MR) is 119 cm³/mol. The topological polar surface area (TPSA) is 62.7 Å². The number of H-pyrrole nitrogens is 1. The maximum Gasteiger partial charge on any atom is 0.227 e. The molecule has 2 aliphatic rings. The van der Waals surface area contributed by atoms with Crippen molar-refractivity contribution in [3.63, 3.8) is 0 Å². The lowest BCUT2D eigenvalue weighted by molar-refractivity contribution is -0.120. The number of amides is 1. The molecule has 2 aromatic carbocycles. The van der Waals surface area contributed by atoms with E-state index in [9.17, 15) is 13.6 Å². The van der Waals surface area contributed by atoms with Gasteiger partial charge in [-0.05, 0) is 61.1 Å². The van der Waals surface area contributed by atoms with Crippen molar-refractivity contribution in [3.05, 3.63) is 60.1 Å². The van der Waals surface area contributed by atoms with Gasteiger partial charge in [0.05, 0.1) is 17.4 Å². The zero-order chi connectivity index (χ0) is 22.1. The summed E-state index contributed by atoms with van der Waals surface area (Å²) in [5.74, 6) is -0.409. The van der Waals surface area contributed by atoms with E-state index >= 15 is 0 Å². The molecule has 2 N–H and O–H groups in total. The first kappa shape index (κ1) is 19.5. The van der Waals surface area contributed by atoms with E-state index in [0.717, 1.165) is 41.2 Å². The molecule has 2 aliphatic carbocycles. The molecule has 2 heterocycles. The summed E-state index contributed by atoms with van der Waals surface area (Å²) in [6.45, 7) is 4.02. The van der Waals surface area contributed by atoms with Crippen molar-refractivity contribution in [2.45, 2.75) is 32.7 Å². The molecule has 0 aliphatic heterocycles. The van der Waals surface area contributed by atoms with Crippen molar-refractivity contribution in [1.29, 1.82) is 0 Å². The number of rotatable bonds is 4. The van der Waals surface area contributed by atoms with Crippen LogP contribution in [0.3, 0.4) is 0 Å². The molecule has 164 valence electrons. The first-order valence-electron chi connectivity index (χ1n) is 11.1. The molecule has 32 heavy (non-hydrogen) atoms. The number of carbonyl (C=O) groups excluding carboxylic acids is 1. The zero-order valence-electron chi connectivity index (χ0n) is 17.9. The second-order valence-electron chi connectivity index (χ2n) is 9.47. The number of hydrogen-bond acceptors (Lipinski definition) is 2. The van der Waals surface area contributed by atoms with Crippen LogP contribution in [0, 0.1) is 42.2 Å². The molecule has 1 unspecified atom stereocenters. The maximum atomic E-state index is 13.7. The van der Waals surface area contributed by atoms with Crippen LogP contribution in [0.5, 0.6) is 0 Å². The van der Waals surface area contributed by atoms with Gasteiger partial charge >= 0.3 is 0 Å². The van der Waals surface area contributed by atoms with Gasteiger partial charge in [0.15, 0.2) is 11.6 Å². The number of carbonyl (C=O) groups is 1. The Hall–Kier alpha value is -3.22. The highest BCUT2D eigenvalue weighted by molar-refractivity contribution is 5.95. The van der Waals surface area contributed by atoms with Crippen LogP contribution in [0.2, 0.25) is 0 Å². The van der Waals surface area contributed by atoms with E-state index < -0.39 is 11.6 Å². The number of halogens is 2. The molecule has 5 atom stereocenters. The fraction of sp³-hybridized carbons (Fsp3) is 0.360. The SMILES string of the molecule is Cc1cc2ccc(NC(=O)C(C)[C@H]3[C@@H]4C[C@@H](n5cnc6cc(F)c(F)cc65)C[C@@H]43)cc2[nH]1. The number of aromatic nitrogens is 3. The van der Waals surface area contributed by atoms with Crippen molar-refractivity contribution in [2.24, 2.45) is 23.7 Å². The highest BCUT2D eigenvalue weighted by atomic mass is 19.2. The Labute approximate surface area is 183 Å². The third-order valence-electron chi connectivity index (χ3n) is 7.51. The highest BCUT2D eigenvalue weighted by Crippen LogP contribution is 2.64. The third-order valence-corrected chi connectivity index (χ3v) is 7.51. The van der Waals surface area contributed by atoms with Gasteiger partial charge in [-0.2, -0.15) is 0 Å². The number of nitrogens with one attached hydrogen (secondary N) is 2. The third kappa shape index (κ3) is 3.02. The minimum Gasteiger partial charge on any atom is -0.359 e. The van der Waals surface area contributed by atoms with Crippen molar-refractivity contribution < 1.29 is 13.6 Å². The fourth-order valence-electron chi connectivity index (χ4n) is 5.93. The van der Waals surface area contributed by atoms with Gasteiger partial charge in [-0.1, -0.05) is 13.0 Å². The smallest absolute Gasteiger partial charge is 0.227 e. The highest BCUT2D eigenvalue weighted by Gasteiger charge is 2.59. The first-order valence-corrected chi connectivity index (χ1v) is 11.1. The van der Waals surface area contributed by atoms with Gasteiger partial charge in [-0.25, -0.2) is 13.8 Å². The lowest BCUT2D eigenvalue weighted by Crippen LogP contribution is -2.24. The van der Waals surface area contributed by atoms with Crippen LogP contribution in [0.25, 0.3) is 21.9 Å². The summed E-state index contributed by atoms with van der Waals surface area (Å²) >= 11 is 0. The van der Waals surface area contributed by atoms with E-state index in [4.69, 9.17) is 0 Å². The van der Waals surface area contributed by atoms with E-state index in [1.165, 1.54) is 6.07 Å². The number of imidazole rings is 1. The molecule has 0 radical (unpaired) electrons. The van der Waals surface area contributed by atoms with Crippen LogP contribution in [0.15, 0.2) is 42.7 Å².